The maximum atomic E-state index is 11.2. The van der Waals surface area contributed by atoms with Crippen LogP contribution in [0.15, 0.2) is 18.2 Å². The summed E-state index contributed by atoms with van der Waals surface area (Å²) in [5, 5.41) is 0. The Labute approximate surface area is 107 Å². The Morgan fingerprint density at radius 2 is 2.06 bits per heavy atom. The van der Waals surface area contributed by atoms with Crippen molar-refractivity contribution in [2.45, 2.75) is 13.8 Å². The van der Waals surface area contributed by atoms with Gasteiger partial charge in [0.05, 0.1) is 17.9 Å². The van der Waals surface area contributed by atoms with Crippen LogP contribution in [0.2, 0.25) is 0 Å². The largest absolute Gasteiger partial charge is 0.488 e. The van der Waals surface area contributed by atoms with Crippen LogP contribution in [0.25, 0.3) is 0 Å². The van der Waals surface area contributed by atoms with Gasteiger partial charge in [0.1, 0.15) is 6.61 Å². The summed E-state index contributed by atoms with van der Waals surface area (Å²) in [6.45, 7) is 5.60. The number of hydrogen-bond acceptors (Lipinski definition) is 4. The van der Waals surface area contributed by atoms with Crippen molar-refractivity contribution in [2.24, 2.45) is 11.7 Å². The van der Waals surface area contributed by atoms with Gasteiger partial charge in [-0.05, 0) is 18.1 Å². The Balaban J connectivity index is 2.53. The molecule has 0 fully saturated rings. The Hall–Kier alpha value is -1.75. The standard InChI is InChI=1S/C13H20N2O3/c1-9(2)8-17-6-7-18-12-10(13(15)16)4-3-5-11(12)14/h3-5,9H,6-8,14H2,1-2H3,(H2,15,16). The van der Waals surface area contributed by atoms with Crippen LogP contribution in [0.5, 0.6) is 5.75 Å². The first-order valence-corrected chi connectivity index (χ1v) is 5.91. The first-order valence-electron chi connectivity index (χ1n) is 5.91. The number of carbonyl (C=O) groups excluding carboxylic acids is 1. The molecule has 0 saturated carbocycles. The molecule has 1 aromatic carbocycles. The van der Waals surface area contributed by atoms with Crippen molar-refractivity contribution in [3.8, 4) is 5.75 Å². The van der Waals surface area contributed by atoms with E-state index in [1.54, 1.807) is 18.2 Å². The van der Waals surface area contributed by atoms with Gasteiger partial charge in [0.15, 0.2) is 5.75 Å². The number of para-hydroxylation sites is 1. The van der Waals surface area contributed by atoms with E-state index in [4.69, 9.17) is 20.9 Å². The van der Waals surface area contributed by atoms with Crippen molar-refractivity contribution in [1.82, 2.24) is 0 Å². The van der Waals surface area contributed by atoms with Gasteiger partial charge in [0.25, 0.3) is 5.91 Å². The molecule has 0 heterocycles. The number of ether oxygens (including phenoxy) is 2. The number of nitrogen functional groups attached to an aromatic ring is 1. The Morgan fingerprint density at radius 1 is 1.33 bits per heavy atom. The third kappa shape index (κ3) is 4.25. The third-order valence-corrected chi connectivity index (χ3v) is 2.24. The lowest BCUT2D eigenvalue weighted by Gasteiger charge is -2.12. The summed E-state index contributed by atoms with van der Waals surface area (Å²) >= 11 is 0. The molecule has 100 valence electrons. The number of benzene rings is 1. The molecule has 0 radical (unpaired) electrons. The summed E-state index contributed by atoms with van der Waals surface area (Å²) in [5.41, 5.74) is 11.7. The van der Waals surface area contributed by atoms with E-state index < -0.39 is 5.91 Å². The predicted molar refractivity (Wildman–Crippen MR) is 70.5 cm³/mol. The smallest absolute Gasteiger partial charge is 0.252 e. The zero-order chi connectivity index (χ0) is 13.5. The number of hydrogen-bond donors (Lipinski definition) is 2. The minimum atomic E-state index is -0.555. The van der Waals surface area contributed by atoms with Crippen molar-refractivity contribution >= 4 is 11.6 Å². The highest BCUT2D eigenvalue weighted by Crippen LogP contribution is 2.25. The van der Waals surface area contributed by atoms with Crippen LogP contribution < -0.4 is 16.2 Å². The molecule has 5 nitrogen and oxygen atoms in total. The summed E-state index contributed by atoms with van der Waals surface area (Å²) in [6, 6.07) is 4.91. The molecule has 0 aromatic heterocycles. The number of anilines is 1. The Morgan fingerprint density at radius 3 is 2.67 bits per heavy atom. The van der Waals surface area contributed by atoms with Gasteiger partial charge in [-0.3, -0.25) is 4.79 Å². The Kier molecular flexibility index (Phi) is 5.45. The highest BCUT2D eigenvalue weighted by atomic mass is 16.5. The number of rotatable bonds is 7. The normalized spacial score (nSPS) is 10.6. The maximum absolute atomic E-state index is 11.2. The molecular weight excluding hydrogens is 232 g/mol. The second kappa shape index (κ2) is 6.86. The molecule has 0 saturated heterocycles. The first-order chi connectivity index (χ1) is 8.52. The lowest BCUT2D eigenvalue weighted by Crippen LogP contribution is -2.16. The summed E-state index contributed by atoms with van der Waals surface area (Å²) in [7, 11) is 0. The van der Waals surface area contributed by atoms with Crippen molar-refractivity contribution in [3.63, 3.8) is 0 Å². The lowest BCUT2D eigenvalue weighted by atomic mass is 10.1. The average Bonchev–Trinajstić information content (AvgIpc) is 2.29. The van der Waals surface area contributed by atoms with Crippen molar-refractivity contribution in [1.29, 1.82) is 0 Å². The van der Waals surface area contributed by atoms with Crippen LogP contribution in [0.3, 0.4) is 0 Å². The molecule has 0 atom stereocenters. The summed E-state index contributed by atoms with van der Waals surface area (Å²) in [5.74, 6) is 0.256. The molecule has 1 aromatic rings. The number of carbonyl (C=O) groups is 1. The second-order valence-electron chi connectivity index (χ2n) is 4.41. The predicted octanol–water partition coefficient (Wildman–Crippen LogP) is 1.42. The van der Waals surface area contributed by atoms with E-state index in [1.165, 1.54) is 0 Å². The minimum absolute atomic E-state index is 0.291. The lowest BCUT2D eigenvalue weighted by molar-refractivity contribution is 0.0812. The molecule has 0 aliphatic carbocycles. The topological polar surface area (TPSA) is 87.6 Å². The minimum Gasteiger partial charge on any atom is -0.488 e. The summed E-state index contributed by atoms with van der Waals surface area (Å²) in [6.07, 6.45) is 0. The fraction of sp³-hybridized carbons (Fsp3) is 0.462. The molecule has 0 spiro atoms. The first kappa shape index (κ1) is 14.3. The summed E-state index contributed by atoms with van der Waals surface area (Å²) < 4.78 is 10.8. The molecule has 1 amide bonds. The van der Waals surface area contributed by atoms with E-state index in [1.807, 2.05) is 0 Å². The van der Waals surface area contributed by atoms with Gasteiger partial charge >= 0.3 is 0 Å². The van der Waals surface area contributed by atoms with Crippen LogP contribution in [-0.2, 0) is 4.74 Å². The second-order valence-corrected chi connectivity index (χ2v) is 4.41. The number of amides is 1. The molecule has 4 N–H and O–H groups in total. The van der Waals surface area contributed by atoms with Crippen molar-refractivity contribution in [3.05, 3.63) is 23.8 Å². The molecule has 0 bridgehead atoms. The molecule has 18 heavy (non-hydrogen) atoms. The SMILES string of the molecule is CC(C)COCCOc1c(N)cccc1C(N)=O. The Bertz CT molecular complexity index is 405. The molecule has 0 aliphatic rings. The summed E-state index contributed by atoms with van der Waals surface area (Å²) in [4.78, 5) is 11.2. The number of primary amides is 1. The zero-order valence-corrected chi connectivity index (χ0v) is 10.8. The van der Waals surface area contributed by atoms with Gasteiger partial charge in [0, 0.05) is 6.61 Å². The highest BCUT2D eigenvalue weighted by Gasteiger charge is 2.12. The van der Waals surface area contributed by atoms with E-state index >= 15 is 0 Å². The van der Waals surface area contributed by atoms with E-state index in [0.29, 0.717) is 42.7 Å². The van der Waals surface area contributed by atoms with Gasteiger partial charge in [-0.1, -0.05) is 19.9 Å². The maximum Gasteiger partial charge on any atom is 0.252 e. The van der Waals surface area contributed by atoms with Crippen LogP contribution in [-0.4, -0.2) is 25.7 Å². The van der Waals surface area contributed by atoms with E-state index in [-0.39, 0.29) is 0 Å². The fourth-order valence-corrected chi connectivity index (χ4v) is 1.43. The van der Waals surface area contributed by atoms with E-state index in [0.717, 1.165) is 0 Å². The van der Waals surface area contributed by atoms with Crippen molar-refractivity contribution in [2.75, 3.05) is 25.6 Å². The van der Waals surface area contributed by atoms with E-state index in [2.05, 4.69) is 13.8 Å². The average molecular weight is 252 g/mol. The van der Waals surface area contributed by atoms with Crippen LogP contribution in [0.1, 0.15) is 24.2 Å². The van der Waals surface area contributed by atoms with Crippen LogP contribution >= 0.6 is 0 Å². The molecule has 1 rings (SSSR count). The quantitative estimate of drug-likeness (QED) is 0.567. The monoisotopic (exact) mass is 252 g/mol. The molecule has 0 aliphatic heterocycles. The van der Waals surface area contributed by atoms with Crippen LogP contribution in [0, 0.1) is 5.92 Å². The highest BCUT2D eigenvalue weighted by molar-refractivity contribution is 5.97. The fourth-order valence-electron chi connectivity index (χ4n) is 1.43. The van der Waals surface area contributed by atoms with Gasteiger partial charge in [0.2, 0.25) is 0 Å². The van der Waals surface area contributed by atoms with Gasteiger partial charge < -0.3 is 20.9 Å². The third-order valence-electron chi connectivity index (χ3n) is 2.24. The molecule has 0 unspecified atom stereocenters. The zero-order valence-electron chi connectivity index (χ0n) is 10.8. The number of nitrogens with two attached hydrogens (primary N) is 2. The van der Waals surface area contributed by atoms with Gasteiger partial charge in [-0.25, -0.2) is 0 Å². The van der Waals surface area contributed by atoms with Gasteiger partial charge in [-0.2, -0.15) is 0 Å². The van der Waals surface area contributed by atoms with Gasteiger partial charge in [-0.15, -0.1) is 0 Å². The van der Waals surface area contributed by atoms with Crippen molar-refractivity contribution < 1.29 is 14.3 Å². The molecule has 5 heteroatoms. The van der Waals surface area contributed by atoms with E-state index in [9.17, 15) is 4.79 Å². The molecular formula is C13H20N2O3. The van der Waals surface area contributed by atoms with Crippen LogP contribution in [0.4, 0.5) is 5.69 Å².